The van der Waals surface area contributed by atoms with E-state index in [4.69, 9.17) is 5.84 Å². The molecule has 0 saturated carbocycles. The summed E-state index contributed by atoms with van der Waals surface area (Å²) in [6.07, 6.45) is 1.13. The van der Waals surface area contributed by atoms with E-state index in [1.165, 1.54) is 13.8 Å². The fourth-order valence-electron chi connectivity index (χ4n) is 2.22. The first-order valence-electron chi connectivity index (χ1n) is 8.43. The van der Waals surface area contributed by atoms with Crippen LogP contribution in [-0.2, 0) is 24.0 Å². The van der Waals surface area contributed by atoms with Crippen LogP contribution in [0.5, 0.6) is 0 Å². The monoisotopic (exact) mass is 355 g/mol. The second-order valence-corrected chi connectivity index (χ2v) is 6.51. The van der Waals surface area contributed by atoms with Gasteiger partial charge in [-0.3, -0.25) is 24.6 Å². The van der Waals surface area contributed by atoms with Crippen molar-refractivity contribution in [3.05, 3.63) is 0 Å². The summed E-state index contributed by atoms with van der Waals surface area (Å²) in [6, 6.07) is -0.754. The zero-order valence-electron chi connectivity index (χ0n) is 15.4. The molecule has 4 N–H and O–H groups in total. The van der Waals surface area contributed by atoms with E-state index in [1.807, 2.05) is 5.43 Å². The molecule has 0 fully saturated rings. The number of carbonyl (C=O) groups excluding carboxylic acids is 5. The Hall–Kier alpha value is -2.09. The number of amides is 2. The van der Waals surface area contributed by atoms with Gasteiger partial charge in [-0.05, 0) is 20.3 Å². The summed E-state index contributed by atoms with van der Waals surface area (Å²) in [5, 5.41) is 2.56. The highest BCUT2D eigenvalue weighted by molar-refractivity contribution is 5.93. The van der Waals surface area contributed by atoms with Crippen LogP contribution in [0.1, 0.15) is 59.8 Å². The van der Waals surface area contributed by atoms with Crippen molar-refractivity contribution in [1.29, 1.82) is 0 Å². The molecule has 0 aromatic rings. The third-order valence-corrected chi connectivity index (χ3v) is 3.90. The van der Waals surface area contributed by atoms with Crippen molar-refractivity contribution in [2.24, 2.45) is 17.7 Å². The molecule has 0 aromatic heterocycles. The smallest absolute Gasteiger partial charge is 0.237 e. The summed E-state index contributed by atoms with van der Waals surface area (Å²) < 4.78 is 0. The third-order valence-electron chi connectivity index (χ3n) is 3.90. The second kappa shape index (κ2) is 11.5. The molecule has 3 atom stereocenters. The summed E-state index contributed by atoms with van der Waals surface area (Å²) >= 11 is 0. The second-order valence-electron chi connectivity index (χ2n) is 6.51. The lowest BCUT2D eigenvalue weighted by molar-refractivity contribution is -0.133. The van der Waals surface area contributed by atoms with E-state index in [-0.39, 0.29) is 36.6 Å². The van der Waals surface area contributed by atoms with E-state index >= 15 is 0 Å². The lowest BCUT2D eigenvalue weighted by Gasteiger charge is -2.18. The van der Waals surface area contributed by atoms with Gasteiger partial charge in [0.15, 0.2) is 5.78 Å². The van der Waals surface area contributed by atoms with Crippen molar-refractivity contribution in [2.75, 3.05) is 0 Å². The van der Waals surface area contributed by atoms with E-state index in [1.54, 1.807) is 13.8 Å². The van der Waals surface area contributed by atoms with Crippen LogP contribution in [0.15, 0.2) is 0 Å². The van der Waals surface area contributed by atoms with E-state index in [0.717, 1.165) is 0 Å². The quantitative estimate of drug-likeness (QED) is 0.264. The highest BCUT2D eigenvalue weighted by Gasteiger charge is 2.24. The molecule has 0 heterocycles. The summed E-state index contributed by atoms with van der Waals surface area (Å²) in [6.45, 7) is 6.18. The minimum Gasteiger partial charge on any atom is -0.346 e. The SMILES string of the molecule is CC(=O)CCCC(=O)CC(C)C(=O)NC(C)C(=O)CC(C)C(=O)NN. The summed E-state index contributed by atoms with van der Waals surface area (Å²) in [4.78, 5) is 58.1. The Morgan fingerprint density at radius 1 is 0.880 bits per heavy atom. The molecule has 8 nitrogen and oxygen atoms in total. The van der Waals surface area contributed by atoms with Crippen LogP contribution >= 0.6 is 0 Å². The molecule has 0 aliphatic rings. The van der Waals surface area contributed by atoms with Crippen molar-refractivity contribution >= 4 is 29.2 Å². The van der Waals surface area contributed by atoms with Gasteiger partial charge in [0.1, 0.15) is 11.6 Å². The largest absolute Gasteiger partial charge is 0.346 e. The number of carbonyl (C=O) groups is 5. The number of hydrogen-bond acceptors (Lipinski definition) is 6. The molecule has 0 aliphatic heterocycles. The standard InChI is InChI=1S/C17H29N3O5/c1-10(8-14(22)7-5-6-12(3)21)16(24)19-13(4)15(23)9-11(2)17(25)20-18/h10-11,13H,5-9,18H2,1-4H3,(H,19,24)(H,20,25). The third kappa shape index (κ3) is 9.71. The Morgan fingerprint density at radius 3 is 1.96 bits per heavy atom. The lowest BCUT2D eigenvalue weighted by Crippen LogP contribution is -2.43. The van der Waals surface area contributed by atoms with Gasteiger partial charge in [0.2, 0.25) is 11.8 Å². The fraction of sp³-hybridized carbons (Fsp3) is 0.706. The number of Topliss-reactive ketones (excluding diaryl/α,β-unsaturated/α-hetero) is 3. The van der Waals surface area contributed by atoms with Gasteiger partial charge in [-0.25, -0.2) is 5.84 Å². The lowest BCUT2D eigenvalue weighted by atomic mass is 9.98. The van der Waals surface area contributed by atoms with Gasteiger partial charge in [0, 0.05) is 37.5 Å². The van der Waals surface area contributed by atoms with Crippen LogP contribution in [0.3, 0.4) is 0 Å². The number of ketones is 3. The summed E-state index contributed by atoms with van der Waals surface area (Å²) in [5.41, 5.74) is 1.98. The molecule has 2 amide bonds. The number of nitrogens with two attached hydrogens (primary N) is 1. The minimum absolute atomic E-state index is 0.0310. The van der Waals surface area contributed by atoms with Crippen molar-refractivity contribution in [3.8, 4) is 0 Å². The van der Waals surface area contributed by atoms with Gasteiger partial charge in [0.05, 0.1) is 6.04 Å². The maximum atomic E-state index is 12.1. The molecule has 3 unspecified atom stereocenters. The Kier molecular flexibility index (Phi) is 10.5. The molecule has 0 rings (SSSR count). The Labute approximate surface area is 148 Å². The van der Waals surface area contributed by atoms with Gasteiger partial charge >= 0.3 is 0 Å². The molecule has 0 aliphatic carbocycles. The molecule has 8 heteroatoms. The zero-order valence-corrected chi connectivity index (χ0v) is 15.4. The molecular formula is C17H29N3O5. The predicted molar refractivity (Wildman–Crippen MR) is 92.0 cm³/mol. The molecule has 25 heavy (non-hydrogen) atoms. The highest BCUT2D eigenvalue weighted by Crippen LogP contribution is 2.10. The van der Waals surface area contributed by atoms with Crippen LogP contribution < -0.4 is 16.6 Å². The summed E-state index contributed by atoms with van der Waals surface area (Å²) in [5.74, 6) is 2.68. The molecule has 0 spiro atoms. The van der Waals surface area contributed by atoms with E-state index < -0.39 is 29.7 Å². The van der Waals surface area contributed by atoms with Gasteiger partial charge in [-0.2, -0.15) is 0 Å². The average Bonchev–Trinajstić information content (AvgIpc) is 2.52. The van der Waals surface area contributed by atoms with Gasteiger partial charge in [0.25, 0.3) is 0 Å². The predicted octanol–water partition coefficient (Wildman–Crippen LogP) is 0.431. The number of hydrogen-bond donors (Lipinski definition) is 3. The Balaban J connectivity index is 4.32. The van der Waals surface area contributed by atoms with Gasteiger partial charge < -0.3 is 10.1 Å². The molecule has 0 bridgehead atoms. The minimum atomic E-state index is -0.754. The summed E-state index contributed by atoms with van der Waals surface area (Å²) in [7, 11) is 0. The molecule has 0 radical (unpaired) electrons. The van der Waals surface area contributed by atoms with Gasteiger partial charge in [-0.1, -0.05) is 13.8 Å². The van der Waals surface area contributed by atoms with Crippen LogP contribution in [-0.4, -0.2) is 35.2 Å². The van der Waals surface area contributed by atoms with Crippen LogP contribution in [0, 0.1) is 11.8 Å². The zero-order chi connectivity index (χ0) is 19.6. The topological polar surface area (TPSA) is 135 Å². The number of hydrazine groups is 1. The normalized spacial score (nSPS) is 14.1. The maximum absolute atomic E-state index is 12.1. The Bertz CT molecular complexity index is 518. The molecule has 0 saturated heterocycles. The molecule has 0 aromatic carbocycles. The van der Waals surface area contributed by atoms with Gasteiger partial charge in [-0.15, -0.1) is 0 Å². The van der Waals surface area contributed by atoms with E-state index in [0.29, 0.717) is 12.8 Å². The average molecular weight is 355 g/mol. The van der Waals surface area contributed by atoms with Crippen molar-refractivity contribution < 1.29 is 24.0 Å². The first-order valence-corrected chi connectivity index (χ1v) is 8.43. The molecule has 142 valence electrons. The van der Waals surface area contributed by atoms with E-state index in [9.17, 15) is 24.0 Å². The fourth-order valence-corrected chi connectivity index (χ4v) is 2.22. The van der Waals surface area contributed by atoms with Crippen molar-refractivity contribution in [3.63, 3.8) is 0 Å². The molecular weight excluding hydrogens is 326 g/mol. The first kappa shape index (κ1) is 22.9. The number of rotatable bonds is 12. The number of nitrogens with one attached hydrogen (secondary N) is 2. The van der Waals surface area contributed by atoms with E-state index in [2.05, 4.69) is 5.32 Å². The van der Waals surface area contributed by atoms with Crippen LogP contribution in [0.2, 0.25) is 0 Å². The first-order chi connectivity index (χ1) is 11.6. The van der Waals surface area contributed by atoms with Crippen LogP contribution in [0.4, 0.5) is 0 Å². The van der Waals surface area contributed by atoms with Crippen molar-refractivity contribution in [1.82, 2.24) is 10.7 Å². The van der Waals surface area contributed by atoms with Crippen LogP contribution in [0.25, 0.3) is 0 Å². The Morgan fingerprint density at radius 2 is 1.44 bits per heavy atom. The maximum Gasteiger partial charge on any atom is 0.237 e. The van der Waals surface area contributed by atoms with Crippen molar-refractivity contribution in [2.45, 2.75) is 65.8 Å². The highest BCUT2D eigenvalue weighted by atomic mass is 16.2.